The molecule has 0 unspecified atom stereocenters. The fourth-order valence-corrected chi connectivity index (χ4v) is 2.80. The first-order chi connectivity index (χ1) is 10.1. The second-order valence-corrected chi connectivity index (χ2v) is 5.61. The number of halogens is 2. The summed E-state index contributed by atoms with van der Waals surface area (Å²) < 4.78 is 0. The standard InChI is InChI=1S/C16H13Cl2N3/c1-20-13-3-2-9-6-14(16(19)21-15(9)8-13)10-4-11(17)7-12(18)5-10/h2-8,20H,1H3,(H2,19,21). The van der Waals surface area contributed by atoms with Gasteiger partial charge in [-0.25, -0.2) is 4.98 Å². The van der Waals surface area contributed by atoms with Crippen LogP contribution in [0.3, 0.4) is 0 Å². The molecular formula is C16H13Cl2N3. The molecule has 0 aliphatic carbocycles. The van der Waals surface area contributed by atoms with Gasteiger partial charge >= 0.3 is 0 Å². The predicted molar refractivity (Wildman–Crippen MR) is 91.2 cm³/mol. The number of fused-ring (bicyclic) bond motifs is 1. The van der Waals surface area contributed by atoms with Gasteiger partial charge in [0, 0.05) is 33.7 Å². The lowest BCUT2D eigenvalue weighted by Crippen LogP contribution is -1.96. The largest absolute Gasteiger partial charge is 0.388 e. The molecule has 0 radical (unpaired) electrons. The average molecular weight is 318 g/mol. The smallest absolute Gasteiger partial charge is 0.132 e. The van der Waals surface area contributed by atoms with Crippen molar-refractivity contribution in [2.75, 3.05) is 18.1 Å². The van der Waals surface area contributed by atoms with E-state index in [1.54, 1.807) is 6.07 Å². The Bertz CT molecular complexity index is 811. The Balaban J connectivity index is 2.21. The molecule has 106 valence electrons. The SMILES string of the molecule is CNc1ccc2cc(-c3cc(Cl)cc(Cl)c3)c(N)nc2c1. The van der Waals surface area contributed by atoms with E-state index in [1.165, 1.54) is 0 Å². The summed E-state index contributed by atoms with van der Waals surface area (Å²) in [5.41, 5.74) is 9.61. The van der Waals surface area contributed by atoms with Gasteiger partial charge in [-0.2, -0.15) is 0 Å². The summed E-state index contributed by atoms with van der Waals surface area (Å²) in [6, 6.07) is 13.3. The summed E-state index contributed by atoms with van der Waals surface area (Å²) in [5, 5.41) is 5.24. The number of hydrogen-bond acceptors (Lipinski definition) is 3. The van der Waals surface area contributed by atoms with Crippen molar-refractivity contribution in [1.82, 2.24) is 4.98 Å². The molecule has 0 fully saturated rings. The molecule has 3 nitrogen and oxygen atoms in total. The molecule has 0 atom stereocenters. The number of nitrogens with zero attached hydrogens (tertiary/aromatic N) is 1. The molecule has 0 saturated carbocycles. The first kappa shape index (κ1) is 14.0. The molecular weight excluding hydrogens is 305 g/mol. The number of anilines is 2. The van der Waals surface area contributed by atoms with Crippen molar-refractivity contribution in [3.8, 4) is 11.1 Å². The van der Waals surface area contributed by atoms with Crippen LogP contribution in [0.2, 0.25) is 10.0 Å². The average Bonchev–Trinajstić information content (AvgIpc) is 2.44. The molecule has 1 heterocycles. The first-order valence-electron chi connectivity index (χ1n) is 6.41. The zero-order chi connectivity index (χ0) is 15.0. The number of rotatable bonds is 2. The summed E-state index contributed by atoms with van der Waals surface area (Å²) in [4.78, 5) is 4.47. The highest BCUT2D eigenvalue weighted by molar-refractivity contribution is 6.35. The molecule has 0 spiro atoms. The van der Waals surface area contributed by atoms with E-state index in [0.29, 0.717) is 15.9 Å². The molecule has 21 heavy (non-hydrogen) atoms. The summed E-state index contributed by atoms with van der Waals surface area (Å²) in [6.07, 6.45) is 0. The third-order valence-electron chi connectivity index (χ3n) is 3.31. The minimum absolute atomic E-state index is 0.453. The molecule has 0 aliphatic rings. The van der Waals surface area contributed by atoms with E-state index >= 15 is 0 Å². The Hall–Kier alpha value is -1.97. The number of pyridine rings is 1. The Labute approximate surface area is 132 Å². The summed E-state index contributed by atoms with van der Waals surface area (Å²) in [5.74, 6) is 0.453. The van der Waals surface area contributed by atoms with Gasteiger partial charge in [-0.15, -0.1) is 0 Å². The van der Waals surface area contributed by atoms with Gasteiger partial charge in [0.2, 0.25) is 0 Å². The molecule has 0 aliphatic heterocycles. The highest BCUT2D eigenvalue weighted by atomic mass is 35.5. The van der Waals surface area contributed by atoms with E-state index in [2.05, 4.69) is 10.3 Å². The van der Waals surface area contributed by atoms with E-state index in [4.69, 9.17) is 28.9 Å². The number of benzene rings is 2. The zero-order valence-electron chi connectivity index (χ0n) is 11.3. The molecule has 3 aromatic rings. The Morgan fingerprint density at radius 1 is 1.00 bits per heavy atom. The Kier molecular flexibility index (Phi) is 3.62. The van der Waals surface area contributed by atoms with Gasteiger partial charge in [0.05, 0.1) is 5.52 Å². The maximum absolute atomic E-state index is 6.09. The predicted octanol–water partition coefficient (Wildman–Crippen LogP) is 4.83. The zero-order valence-corrected chi connectivity index (χ0v) is 12.8. The van der Waals surface area contributed by atoms with Crippen LogP contribution in [-0.2, 0) is 0 Å². The minimum Gasteiger partial charge on any atom is -0.388 e. The number of hydrogen-bond donors (Lipinski definition) is 2. The lowest BCUT2D eigenvalue weighted by atomic mass is 10.0. The van der Waals surface area contributed by atoms with Crippen molar-refractivity contribution in [2.45, 2.75) is 0 Å². The Morgan fingerprint density at radius 2 is 1.71 bits per heavy atom. The van der Waals surface area contributed by atoms with Crippen molar-refractivity contribution >= 4 is 45.6 Å². The fourth-order valence-electron chi connectivity index (χ4n) is 2.28. The summed E-state index contributed by atoms with van der Waals surface area (Å²) in [7, 11) is 1.87. The molecule has 3 N–H and O–H groups in total. The molecule has 2 aromatic carbocycles. The van der Waals surface area contributed by atoms with E-state index < -0.39 is 0 Å². The van der Waals surface area contributed by atoms with Crippen LogP contribution in [0.25, 0.3) is 22.0 Å². The lowest BCUT2D eigenvalue weighted by Gasteiger charge is -2.09. The van der Waals surface area contributed by atoms with Crippen LogP contribution in [0.15, 0.2) is 42.5 Å². The van der Waals surface area contributed by atoms with Crippen LogP contribution in [0.4, 0.5) is 11.5 Å². The van der Waals surface area contributed by atoms with Crippen molar-refractivity contribution in [3.05, 3.63) is 52.5 Å². The van der Waals surface area contributed by atoms with Gasteiger partial charge in [0.1, 0.15) is 5.82 Å². The van der Waals surface area contributed by atoms with Gasteiger partial charge in [0.15, 0.2) is 0 Å². The van der Waals surface area contributed by atoms with E-state index in [-0.39, 0.29) is 0 Å². The third-order valence-corrected chi connectivity index (χ3v) is 3.75. The third kappa shape index (κ3) is 2.75. The summed E-state index contributed by atoms with van der Waals surface area (Å²) in [6.45, 7) is 0. The van der Waals surface area contributed by atoms with E-state index in [9.17, 15) is 0 Å². The van der Waals surface area contributed by atoms with Crippen LogP contribution in [0, 0.1) is 0 Å². The van der Waals surface area contributed by atoms with Crippen molar-refractivity contribution in [1.29, 1.82) is 0 Å². The minimum atomic E-state index is 0.453. The number of nitrogen functional groups attached to an aromatic ring is 1. The molecule has 3 rings (SSSR count). The number of aromatic nitrogens is 1. The lowest BCUT2D eigenvalue weighted by molar-refractivity contribution is 1.40. The topological polar surface area (TPSA) is 50.9 Å². The normalized spacial score (nSPS) is 10.8. The van der Waals surface area contributed by atoms with Crippen molar-refractivity contribution in [3.63, 3.8) is 0 Å². The molecule has 0 bridgehead atoms. The first-order valence-corrected chi connectivity index (χ1v) is 7.17. The van der Waals surface area contributed by atoms with Gasteiger partial charge in [-0.05, 0) is 42.0 Å². The van der Waals surface area contributed by atoms with Crippen molar-refractivity contribution in [2.24, 2.45) is 0 Å². The van der Waals surface area contributed by atoms with Crippen LogP contribution >= 0.6 is 23.2 Å². The second-order valence-electron chi connectivity index (χ2n) is 4.74. The molecule has 0 amide bonds. The van der Waals surface area contributed by atoms with Crippen LogP contribution in [0.5, 0.6) is 0 Å². The van der Waals surface area contributed by atoms with E-state index in [0.717, 1.165) is 27.7 Å². The van der Waals surface area contributed by atoms with Gasteiger partial charge in [0.25, 0.3) is 0 Å². The summed E-state index contributed by atoms with van der Waals surface area (Å²) >= 11 is 12.1. The number of nitrogens with two attached hydrogens (primary N) is 1. The maximum Gasteiger partial charge on any atom is 0.132 e. The number of nitrogens with one attached hydrogen (secondary N) is 1. The molecule has 5 heteroatoms. The van der Waals surface area contributed by atoms with Crippen LogP contribution in [-0.4, -0.2) is 12.0 Å². The Morgan fingerprint density at radius 3 is 2.38 bits per heavy atom. The maximum atomic E-state index is 6.09. The highest BCUT2D eigenvalue weighted by Gasteiger charge is 2.09. The van der Waals surface area contributed by atoms with Gasteiger partial charge in [-0.3, -0.25) is 0 Å². The monoisotopic (exact) mass is 317 g/mol. The van der Waals surface area contributed by atoms with Crippen molar-refractivity contribution < 1.29 is 0 Å². The molecule has 0 saturated heterocycles. The molecule has 1 aromatic heterocycles. The van der Waals surface area contributed by atoms with Gasteiger partial charge in [-0.1, -0.05) is 29.3 Å². The van der Waals surface area contributed by atoms with Crippen LogP contribution < -0.4 is 11.1 Å². The van der Waals surface area contributed by atoms with E-state index in [1.807, 2.05) is 43.4 Å². The van der Waals surface area contributed by atoms with Gasteiger partial charge < -0.3 is 11.1 Å². The second kappa shape index (κ2) is 5.43. The highest BCUT2D eigenvalue weighted by Crippen LogP contribution is 2.32. The van der Waals surface area contributed by atoms with Crippen LogP contribution in [0.1, 0.15) is 0 Å². The quantitative estimate of drug-likeness (QED) is 0.711. The fraction of sp³-hybridized carbons (Fsp3) is 0.0625.